The first-order chi connectivity index (χ1) is 15.0. The zero-order valence-corrected chi connectivity index (χ0v) is 16.6. The number of fused-ring (bicyclic) bond motifs is 1. The Hall–Kier alpha value is -4.40. The van der Waals surface area contributed by atoms with E-state index in [9.17, 15) is 14.7 Å². The average molecular weight is 416 g/mol. The van der Waals surface area contributed by atoms with E-state index in [0.717, 1.165) is 10.5 Å². The number of H-pyrrole nitrogens is 1. The Kier molecular flexibility index (Phi) is 5.48. The molecular formula is C22H20N6O3. The second kappa shape index (κ2) is 8.54. The lowest BCUT2D eigenvalue weighted by atomic mass is 10.1. The Morgan fingerprint density at radius 3 is 2.42 bits per heavy atom. The van der Waals surface area contributed by atoms with Crippen LogP contribution >= 0.6 is 0 Å². The zero-order valence-electron chi connectivity index (χ0n) is 16.6. The number of aromatic amines is 1. The molecule has 2 heterocycles. The summed E-state index contributed by atoms with van der Waals surface area (Å²) in [5.74, 6) is 0.511. The highest BCUT2D eigenvalue weighted by Crippen LogP contribution is 2.30. The van der Waals surface area contributed by atoms with Gasteiger partial charge >= 0.3 is 12.1 Å². The molecule has 31 heavy (non-hydrogen) atoms. The zero-order chi connectivity index (χ0) is 21.8. The van der Waals surface area contributed by atoms with Gasteiger partial charge in [-0.1, -0.05) is 48.5 Å². The van der Waals surface area contributed by atoms with Crippen molar-refractivity contribution in [1.82, 2.24) is 20.5 Å². The number of rotatable bonds is 5. The molecule has 0 fully saturated rings. The van der Waals surface area contributed by atoms with Crippen LogP contribution in [0.25, 0.3) is 10.9 Å². The van der Waals surface area contributed by atoms with Crippen LogP contribution in [0.1, 0.15) is 18.5 Å². The first kappa shape index (κ1) is 19.9. The Morgan fingerprint density at radius 2 is 1.74 bits per heavy atom. The van der Waals surface area contributed by atoms with Gasteiger partial charge in [0.1, 0.15) is 5.82 Å². The molecule has 0 saturated carbocycles. The molecule has 4 rings (SSSR count). The first-order valence-corrected chi connectivity index (χ1v) is 9.57. The number of nitrogens with one attached hydrogen (secondary N) is 3. The summed E-state index contributed by atoms with van der Waals surface area (Å²) in [5, 5.41) is 22.7. The Bertz CT molecular complexity index is 1210. The van der Waals surface area contributed by atoms with Crippen LogP contribution in [0, 0.1) is 0 Å². The Morgan fingerprint density at radius 1 is 1.06 bits per heavy atom. The second-order valence-corrected chi connectivity index (χ2v) is 6.85. The van der Waals surface area contributed by atoms with Crippen LogP contribution < -0.4 is 15.5 Å². The molecule has 156 valence electrons. The number of carboxylic acid groups (broad SMARTS) is 1. The van der Waals surface area contributed by atoms with Gasteiger partial charge in [0.2, 0.25) is 0 Å². The highest BCUT2D eigenvalue weighted by Gasteiger charge is 2.22. The number of aromatic nitrogens is 3. The lowest BCUT2D eigenvalue weighted by Crippen LogP contribution is -2.31. The van der Waals surface area contributed by atoms with Crippen molar-refractivity contribution in [2.24, 2.45) is 0 Å². The minimum absolute atomic E-state index is 0.182. The minimum atomic E-state index is -1.17. The number of hydrogen-bond donors (Lipinski definition) is 4. The number of carbonyl (C=O) groups excluding carboxylic acids is 1. The predicted molar refractivity (Wildman–Crippen MR) is 118 cm³/mol. The quantitative estimate of drug-likeness (QED) is 0.377. The minimum Gasteiger partial charge on any atom is -0.464 e. The molecule has 0 spiro atoms. The molecule has 4 N–H and O–H groups in total. The van der Waals surface area contributed by atoms with Crippen LogP contribution in [-0.2, 0) is 0 Å². The number of anilines is 3. The first-order valence-electron chi connectivity index (χ1n) is 9.57. The highest BCUT2D eigenvalue weighted by molar-refractivity contribution is 6.03. The summed E-state index contributed by atoms with van der Waals surface area (Å²) in [7, 11) is 0. The van der Waals surface area contributed by atoms with Gasteiger partial charge in [-0.2, -0.15) is 5.10 Å². The molecule has 0 aliphatic rings. The number of nitrogens with zero attached hydrogens (tertiary/aromatic N) is 3. The van der Waals surface area contributed by atoms with Crippen molar-refractivity contribution in [2.75, 3.05) is 10.2 Å². The third-order valence-electron chi connectivity index (χ3n) is 4.73. The van der Waals surface area contributed by atoms with Crippen LogP contribution in [0.3, 0.4) is 0 Å². The summed E-state index contributed by atoms with van der Waals surface area (Å²) in [6.45, 7) is 1.89. The number of benzene rings is 2. The van der Waals surface area contributed by atoms with Gasteiger partial charge in [0.15, 0.2) is 5.82 Å². The topological polar surface area (TPSA) is 123 Å². The van der Waals surface area contributed by atoms with Crippen molar-refractivity contribution < 1.29 is 14.7 Å². The van der Waals surface area contributed by atoms with E-state index in [1.165, 1.54) is 6.20 Å². The molecule has 0 aliphatic carbocycles. The van der Waals surface area contributed by atoms with Crippen molar-refractivity contribution in [3.05, 3.63) is 78.5 Å². The fourth-order valence-corrected chi connectivity index (χ4v) is 3.21. The van der Waals surface area contributed by atoms with Gasteiger partial charge in [0, 0.05) is 12.3 Å². The van der Waals surface area contributed by atoms with E-state index in [2.05, 4.69) is 25.8 Å². The van der Waals surface area contributed by atoms with Gasteiger partial charge in [-0.3, -0.25) is 10.4 Å². The summed E-state index contributed by atoms with van der Waals surface area (Å²) in [6, 6.07) is 19.3. The maximum atomic E-state index is 12.3. The Balaban J connectivity index is 1.53. The molecule has 0 saturated heterocycles. The van der Waals surface area contributed by atoms with E-state index in [4.69, 9.17) is 0 Å². The van der Waals surface area contributed by atoms with E-state index in [-0.39, 0.29) is 11.9 Å². The molecule has 0 aliphatic heterocycles. The van der Waals surface area contributed by atoms with E-state index < -0.39 is 12.1 Å². The number of carbonyl (C=O) groups is 2. The molecule has 2 aromatic carbocycles. The van der Waals surface area contributed by atoms with Gasteiger partial charge in [0.05, 0.1) is 22.6 Å². The molecule has 0 bridgehead atoms. The normalized spacial score (nSPS) is 11.6. The van der Waals surface area contributed by atoms with Crippen molar-refractivity contribution >= 4 is 40.4 Å². The van der Waals surface area contributed by atoms with Crippen molar-refractivity contribution in [3.63, 3.8) is 0 Å². The van der Waals surface area contributed by atoms with Crippen molar-refractivity contribution in [3.8, 4) is 0 Å². The largest absolute Gasteiger partial charge is 0.464 e. The third kappa shape index (κ3) is 4.30. The fraction of sp³-hybridized carbons (Fsp3) is 0.0909. The number of para-hydroxylation sites is 1. The summed E-state index contributed by atoms with van der Waals surface area (Å²) in [5.41, 5.74) is 1.98. The lowest BCUT2D eigenvalue weighted by molar-refractivity contribution is 0.204. The van der Waals surface area contributed by atoms with Gasteiger partial charge in [-0.15, -0.1) is 0 Å². The van der Waals surface area contributed by atoms with E-state index >= 15 is 0 Å². The monoisotopic (exact) mass is 416 g/mol. The van der Waals surface area contributed by atoms with Gasteiger partial charge in [-0.05, 0) is 24.6 Å². The smallest absolute Gasteiger partial charge is 0.417 e. The van der Waals surface area contributed by atoms with Gasteiger partial charge in [-0.25, -0.2) is 19.5 Å². The summed E-state index contributed by atoms with van der Waals surface area (Å²) >= 11 is 0. The molecule has 9 nitrogen and oxygen atoms in total. The number of urea groups is 1. The maximum absolute atomic E-state index is 12.3. The SMILES string of the molecule is C[C@@H](NC(=O)Nc1cc2[nH]nc(N(C(=O)O)c3ccccc3)c2cn1)c1ccccc1. The molecule has 3 amide bonds. The summed E-state index contributed by atoms with van der Waals surface area (Å²) in [4.78, 5) is 29.5. The summed E-state index contributed by atoms with van der Waals surface area (Å²) < 4.78 is 0. The predicted octanol–water partition coefficient (Wildman–Crippen LogP) is 4.66. The van der Waals surface area contributed by atoms with Gasteiger partial charge < -0.3 is 10.4 Å². The van der Waals surface area contributed by atoms with E-state index in [0.29, 0.717) is 22.4 Å². The summed E-state index contributed by atoms with van der Waals surface area (Å²) in [6.07, 6.45) is 0.305. The average Bonchev–Trinajstić information content (AvgIpc) is 3.17. The molecule has 0 unspecified atom stereocenters. The fourth-order valence-electron chi connectivity index (χ4n) is 3.21. The molecular weight excluding hydrogens is 396 g/mol. The molecule has 4 aromatic rings. The van der Waals surface area contributed by atoms with E-state index in [1.807, 2.05) is 37.3 Å². The second-order valence-electron chi connectivity index (χ2n) is 6.85. The van der Waals surface area contributed by atoms with Crippen LogP contribution in [0.4, 0.5) is 26.9 Å². The molecule has 0 radical (unpaired) electrons. The third-order valence-corrected chi connectivity index (χ3v) is 4.73. The number of pyridine rings is 1. The Labute approximate surface area is 177 Å². The van der Waals surface area contributed by atoms with Crippen molar-refractivity contribution in [1.29, 1.82) is 0 Å². The molecule has 2 aromatic heterocycles. The van der Waals surface area contributed by atoms with Crippen molar-refractivity contribution in [2.45, 2.75) is 13.0 Å². The van der Waals surface area contributed by atoms with Crippen LogP contribution in [0.15, 0.2) is 72.9 Å². The van der Waals surface area contributed by atoms with Crippen LogP contribution in [-0.4, -0.2) is 32.4 Å². The van der Waals surface area contributed by atoms with Crippen LogP contribution in [0.2, 0.25) is 0 Å². The molecule has 9 heteroatoms. The highest BCUT2D eigenvalue weighted by atomic mass is 16.4. The molecule has 1 atom stereocenters. The maximum Gasteiger partial charge on any atom is 0.417 e. The van der Waals surface area contributed by atoms with E-state index in [1.54, 1.807) is 36.4 Å². The lowest BCUT2D eigenvalue weighted by Gasteiger charge is -2.17. The van der Waals surface area contributed by atoms with Crippen LogP contribution in [0.5, 0.6) is 0 Å². The number of hydrogen-bond acceptors (Lipinski definition) is 4. The standard InChI is InChI=1S/C22H20N6O3/c1-14(15-8-4-2-5-9-15)24-21(29)25-19-12-18-17(13-23-19)20(27-26-18)28(22(30)31)16-10-6-3-7-11-16/h2-14H,1H3,(H,26,27)(H,30,31)(H2,23,24,25,29)/t14-/m1/s1. The number of amides is 3. The van der Waals surface area contributed by atoms with Gasteiger partial charge in [0.25, 0.3) is 0 Å².